The van der Waals surface area contributed by atoms with Crippen LogP contribution in [0, 0.1) is 17.8 Å². The maximum absolute atomic E-state index is 14.4. The molecule has 5 rings (SSSR count). The predicted molar refractivity (Wildman–Crippen MR) is 151 cm³/mol. The number of aliphatic hydroxyl groups excluding tert-OH is 1. The van der Waals surface area contributed by atoms with Gasteiger partial charge in [0, 0.05) is 17.5 Å². The van der Waals surface area contributed by atoms with Crippen molar-refractivity contribution in [2.24, 2.45) is 17.8 Å². The van der Waals surface area contributed by atoms with Crippen molar-refractivity contribution in [2.75, 3.05) is 25.6 Å². The Bertz CT molecular complexity index is 1210. The molecule has 0 saturated carbocycles. The van der Waals surface area contributed by atoms with Gasteiger partial charge in [0.2, 0.25) is 17.7 Å². The quantitative estimate of drug-likeness (QED) is 0.419. The molecule has 1 spiro atoms. The molecule has 0 aliphatic carbocycles. The molecule has 3 fully saturated rings. The van der Waals surface area contributed by atoms with Crippen LogP contribution >= 0.6 is 11.8 Å². The number of hydrogen-bond acceptors (Lipinski definition) is 6. The maximum atomic E-state index is 14.4. The van der Waals surface area contributed by atoms with Crippen molar-refractivity contribution in [3.8, 4) is 5.75 Å². The fourth-order valence-corrected chi connectivity index (χ4v) is 9.25. The van der Waals surface area contributed by atoms with Crippen molar-refractivity contribution in [1.29, 1.82) is 0 Å². The molecule has 3 aliphatic rings. The number of nitrogens with zero attached hydrogens (tertiary/aromatic N) is 1. The molecule has 39 heavy (non-hydrogen) atoms. The summed E-state index contributed by atoms with van der Waals surface area (Å²) in [6.07, 6.45) is 1.98. The molecule has 2 aromatic carbocycles. The van der Waals surface area contributed by atoms with Gasteiger partial charge in [-0.3, -0.25) is 14.4 Å². The number of aliphatic hydroxyl groups is 1. The van der Waals surface area contributed by atoms with Gasteiger partial charge >= 0.3 is 0 Å². The Kier molecular flexibility index (Phi) is 7.91. The first-order valence-electron chi connectivity index (χ1n) is 13.7. The average Bonchev–Trinajstić information content (AvgIpc) is 3.55. The molecule has 3 saturated heterocycles. The molecule has 3 amide bonds. The Hall–Kier alpha value is -3.04. The fraction of sp³-hybridized carbons (Fsp3) is 0.500. The highest BCUT2D eigenvalue weighted by molar-refractivity contribution is 8.02. The Labute approximate surface area is 233 Å². The molecule has 2 aromatic rings. The van der Waals surface area contributed by atoms with Crippen molar-refractivity contribution < 1.29 is 24.2 Å². The number of carbonyl (C=O) groups excluding carboxylic acids is 3. The third-order valence-corrected chi connectivity index (χ3v) is 10.6. The van der Waals surface area contributed by atoms with Crippen LogP contribution in [0.4, 0.5) is 5.69 Å². The SMILES string of the molecule is CCCNC(=O)[C@@H]1[C@@H]2CC(C)C3(S2)C(C(=O)Nc2ccc(OC)cc2)N([C@@H](CO)Cc2ccccc2)C(=O)[C@H]13. The van der Waals surface area contributed by atoms with E-state index in [1.165, 1.54) is 0 Å². The van der Waals surface area contributed by atoms with Gasteiger partial charge in [0.1, 0.15) is 11.8 Å². The van der Waals surface area contributed by atoms with E-state index in [-0.39, 0.29) is 35.5 Å². The zero-order chi connectivity index (χ0) is 27.7. The zero-order valence-corrected chi connectivity index (χ0v) is 23.4. The van der Waals surface area contributed by atoms with Gasteiger partial charge in [-0.1, -0.05) is 44.2 Å². The van der Waals surface area contributed by atoms with Crippen molar-refractivity contribution in [3.63, 3.8) is 0 Å². The van der Waals surface area contributed by atoms with E-state index in [1.807, 2.05) is 37.3 Å². The number of hydrogen-bond donors (Lipinski definition) is 3. The summed E-state index contributed by atoms with van der Waals surface area (Å²) in [4.78, 5) is 43.6. The minimum atomic E-state index is -0.827. The van der Waals surface area contributed by atoms with Crippen LogP contribution in [-0.4, -0.2) is 70.1 Å². The van der Waals surface area contributed by atoms with E-state index in [1.54, 1.807) is 48.0 Å². The normalized spacial score (nSPS) is 29.7. The minimum Gasteiger partial charge on any atom is -0.497 e. The van der Waals surface area contributed by atoms with Gasteiger partial charge in [0.25, 0.3) is 0 Å². The van der Waals surface area contributed by atoms with Gasteiger partial charge in [-0.05, 0) is 55.0 Å². The van der Waals surface area contributed by atoms with Crippen LogP contribution in [0.5, 0.6) is 5.75 Å². The maximum Gasteiger partial charge on any atom is 0.248 e. The molecule has 0 radical (unpaired) electrons. The van der Waals surface area contributed by atoms with Crippen molar-refractivity contribution in [1.82, 2.24) is 10.2 Å². The van der Waals surface area contributed by atoms with Crippen LogP contribution in [0.1, 0.15) is 32.3 Å². The van der Waals surface area contributed by atoms with Crippen LogP contribution in [0.3, 0.4) is 0 Å². The van der Waals surface area contributed by atoms with E-state index in [2.05, 4.69) is 17.6 Å². The van der Waals surface area contributed by atoms with Crippen LogP contribution in [-0.2, 0) is 20.8 Å². The van der Waals surface area contributed by atoms with Crippen LogP contribution in [0.25, 0.3) is 0 Å². The number of benzene rings is 2. The first-order valence-corrected chi connectivity index (χ1v) is 14.6. The predicted octanol–water partition coefficient (Wildman–Crippen LogP) is 3.10. The molecule has 3 aliphatic heterocycles. The number of amides is 3. The van der Waals surface area contributed by atoms with Gasteiger partial charge < -0.3 is 25.4 Å². The summed E-state index contributed by atoms with van der Waals surface area (Å²) in [5.74, 6) is -1.01. The number of methoxy groups -OCH3 is 1. The van der Waals surface area contributed by atoms with Crippen molar-refractivity contribution in [2.45, 2.75) is 55.2 Å². The van der Waals surface area contributed by atoms with E-state index in [9.17, 15) is 19.5 Å². The van der Waals surface area contributed by atoms with Crippen molar-refractivity contribution >= 4 is 35.2 Å². The number of ether oxygens (including phenoxy) is 1. The summed E-state index contributed by atoms with van der Waals surface area (Å²) < 4.78 is 4.49. The lowest BCUT2D eigenvalue weighted by Crippen LogP contribution is -2.57. The molecular formula is C30H37N3O5S. The number of anilines is 1. The monoisotopic (exact) mass is 551 g/mol. The second-order valence-electron chi connectivity index (χ2n) is 10.8. The van der Waals surface area contributed by atoms with E-state index in [4.69, 9.17) is 4.74 Å². The first-order chi connectivity index (χ1) is 18.8. The van der Waals surface area contributed by atoms with Crippen LogP contribution in [0.15, 0.2) is 54.6 Å². The Morgan fingerprint density at radius 1 is 1.15 bits per heavy atom. The Morgan fingerprint density at radius 3 is 2.51 bits per heavy atom. The number of thioether (sulfide) groups is 1. The van der Waals surface area contributed by atoms with Gasteiger partial charge in [-0.2, -0.15) is 0 Å². The molecular weight excluding hydrogens is 514 g/mol. The van der Waals surface area contributed by atoms with Crippen molar-refractivity contribution in [3.05, 3.63) is 60.2 Å². The van der Waals surface area contributed by atoms with Gasteiger partial charge in [0.15, 0.2) is 0 Å². The van der Waals surface area contributed by atoms with E-state index in [0.717, 1.165) is 18.4 Å². The highest BCUT2D eigenvalue weighted by Crippen LogP contribution is 2.68. The standard InChI is InChI=1S/C30H37N3O5S/c1-4-14-31-27(35)24-23-15-18(2)30(39-23)25(24)29(37)33(21(17-34)16-19-8-6-5-7-9-19)26(30)28(36)32-20-10-12-22(38-3)13-11-20/h5-13,18,21,23-26,34H,4,14-17H2,1-3H3,(H,31,35)(H,32,36)/t18?,21-,23+,24-,25+,26?,30?/m1/s1. The minimum absolute atomic E-state index is 0.0223. The molecule has 208 valence electrons. The largest absolute Gasteiger partial charge is 0.497 e. The summed E-state index contributed by atoms with van der Waals surface area (Å²) in [5.41, 5.74) is 1.56. The number of nitrogens with one attached hydrogen (secondary N) is 2. The molecule has 9 heteroatoms. The average molecular weight is 552 g/mol. The number of carbonyl (C=O) groups is 3. The summed E-state index contributed by atoms with van der Waals surface area (Å²) in [5, 5.41) is 16.6. The third-order valence-electron chi connectivity index (χ3n) is 8.56. The molecule has 7 atom stereocenters. The lowest BCUT2D eigenvalue weighted by Gasteiger charge is -2.40. The van der Waals surface area contributed by atoms with Crippen LogP contribution < -0.4 is 15.4 Å². The summed E-state index contributed by atoms with van der Waals surface area (Å²) in [6.45, 7) is 4.35. The summed E-state index contributed by atoms with van der Waals surface area (Å²) in [7, 11) is 1.58. The van der Waals surface area contributed by atoms with E-state index >= 15 is 0 Å². The molecule has 3 N–H and O–H groups in total. The number of fused-ring (bicyclic) bond motifs is 1. The second kappa shape index (κ2) is 11.2. The second-order valence-corrected chi connectivity index (χ2v) is 12.4. The number of rotatable bonds is 10. The smallest absolute Gasteiger partial charge is 0.248 e. The summed E-state index contributed by atoms with van der Waals surface area (Å²) in [6, 6.07) is 15.3. The topological polar surface area (TPSA) is 108 Å². The van der Waals surface area contributed by atoms with Gasteiger partial charge in [-0.15, -0.1) is 11.8 Å². The molecule has 2 bridgehead atoms. The highest BCUT2D eigenvalue weighted by atomic mass is 32.2. The van der Waals surface area contributed by atoms with Crippen LogP contribution in [0.2, 0.25) is 0 Å². The molecule has 3 unspecified atom stereocenters. The molecule has 3 heterocycles. The number of likely N-dealkylation sites (tertiary alicyclic amines) is 1. The fourth-order valence-electron chi connectivity index (χ4n) is 6.84. The lowest BCUT2D eigenvalue weighted by atomic mass is 9.66. The van der Waals surface area contributed by atoms with Gasteiger partial charge in [0.05, 0.1) is 36.3 Å². The zero-order valence-electron chi connectivity index (χ0n) is 22.6. The summed E-state index contributed by atoms with van der Waals surface area (Å²) >= 11 is 1.64. The van der Waals surface area contributed by atoms with E-state index in [0.29, 0.717) is 24.4 Å². The third kappa shape index (κ3) is 4.69. The highest BCUT2D eigenvalue weighted by Gasteiger charge is 2.76. The molecule has 0 aromatic heterocycles. The molecule has 8 nitrogen and oxygen atoms in total. The van der Waals surface area contributed by atoms with Gasteiger partial charge in [-0.25, -0.2) is 0 Å². The Morgan fingerprint density at radius 2 is 1.87 bits per heavy atom. The first kappa shape index (κ1) is 27.5. The Balaban J connectivity index is 1.54. The van der Waals surface area contributed by atoms with E-state index < -0.39 is 28.7 Å². The lowest BCUT2D eigenvalue weighted by molar-refractivity contribution is -0.142.